The van der Waals surface area contributed by atoms with Crippen molar-refractivity contribution in [2.45, 2.75) is 32.2 Å². The molecule has 1 N–H and O–H groups in total. The van der Waals surface area contributed by atoms with Crippen LogP contribution in [0.5, 0.6) is 0 Å². The monoisotopic (exact) mass is 271 g/mol. The van der Waals surface area contributed by atoms with Gasteiger partial charge in [-0.2, -0.15) is 0 Å². The van der Waals surface area contributed by atoms with Crippen LogP contribution in [0.2, 0.25) is 0 Å². The number of unbranched alkanes of at least 4 members (excludes halogenated alkanes) is 1. The maximum Gasteiger partial charge on any atom is 0.123 e. The van der Waals surface area contributed by atoms with Crippen LogP contribution < -0.4 is 5.32 Å². The Morgan fingerprint density at radius 1 is 1.00 bits per heavy atom. The summed E-state index contributed by atoms with van der Waals surface area (Å²) in [6.45, 7) is 3.04. The molecule has 2 aromatic rings. The third-order valence-electron chi connectivity index (χ3n) is 3.53. The van der Waals surface area contributed by atoms with E-state index in [1.54, 1.807) is 12.1 Å². The summed E-state index contributed by atoms with van der Waals surface area (Å²) in [5.74, 6) is -0.166. The molecule has 0 amide bonds. The molecule has 0 heterocycles. The molecule has 0 unspecified atom stereocenters. The lowest BCUT2D eigenvalue weighted by Gasteiger charge is -2.14. The van der Waals surface area contributed by atoms with E-state index in [-0.39, 0.29) is 11.9 Å². The predicted molar refractivity (Wildman–Crippen MR) is 82.2 cm³/mol. The Labute approximate surface area is 120 Å². The van der Waals surface area contributed by atoms with Crippen molar-refractivity contribution in [3.8, 4) is 0 Å². The Kier molecular flexibility index (Phi) is 5.75. The Balaban J connectivity index is 1.66. The van der Waals surface area contributed by atoms with Crippen LogP contribution in [0.3, 0.4) is 0 Å². The Bertz CT molecular complexity index is 510. The SMILES string of the molecule is C[C@H](NCCCCc1ccccc1)c1cccc(F)c1. The molecule has 2 aromatic carbocycles. The van der Waals surface area contributed by atoms with E-state index in [0.717, 1.165) is 24.9 Å². The van der Waals surface area contributed by atoms with Gasteiger partial charge in [0.25, 0.3) is 0 Å². The first-order chi connectivity index (χ1) is 9.75. The van der Waals surface area contributed by atoms with Crippen molar-refractivity contribution in [2.75, 3.05) is 6.54 Å². The van der Waals surface area contributed by atoms with Gasteiger partial charge in [-0.1, -0.05) is 42.5 Å². The molecule has 0 bridgehead atoms. The number of hydrogen-bond acceptors (Lipinski definition) is 1. The number of hydrogen-bond donors (Lipinski definition) is 1. The zero-order chi connectivity index (χ0) is 14.2. The summed E-state index contributed by atoms with van der Waals surface area (Å²) in [6, 6.07) is 17.6. The first-order valence-electron chi connectivity index (χ1n) is 7.28. The lowest BCUT2D eigenvalue weighted by atomic mass is 10.1. The number of rotatable bonds is 7. The summed E-state index contributed by atoms with van der Waals surface area (Å²) in [5.41, 5.74) is 2.40. The maximum absolute atomic E-state index is 13.1. The van der Waals surface area contributed by atoms with Gasteiger partial charge in [0.05, 0.1) is 0 Å². The molecule has 1 atom stereocenters. The normalized spacial score (nSPS) is 12.3. The highest BCUT2D eigenvalue weighted by Gasteiger charge is 2.04. The second-order valence-corrected chi connectivity index (χ2v) is 5.17. The van der Waals surface area contributed by atoms with E-state index in [1.807, 2.05) is 12.1 Å². The quantitative estimate of drug-likeness (QED) is 0.731. The average molecular weight is 271 g/mol. The lowest BCUT2D eigenvalue weighted by Crippen LogP contribution is -2.20. The van der Waals surface area contributed by atoms with Crippen molar-refractivity contribution >= 4 is 0 Å². The van der Waals surface area contributed by atoms with Crippen molar-refractivity contribution < 1.29 is 4.39 Å². The first-order valence-corrected chi connectivity index (χ1v) is 7.28. The van der Waals surface area contributed by atoms with Crippen LogP contribution in [0.15, 0.2) is 54.6 Å². The van der Waals surface area contributed by atoms with Crippen LogP contribution in [0, 0.1) is 5.82 Å². The summed E-state index contributed by atoms with van der Waals surface area (Å²) in [5, 5.41) is 3.45. The lowest BCUT2D eigenvalue weighted by molar-refractivity contribution is 0.541. The van der Waals surface area contributed by atoms with E-state index in [9.17, 15) is 4.39 Å². The minimum atomic E-state index is -0.166. The standard InChI is InChI=1S/C18H22FN/c1-15(17-11-7-12-18(19)14-17)20-13-6-5-10-16-8-3-2-4-9-16/h2-4,7-9,11-12,14-15,20H,5-6,10,13H2,1H3/t15-/m0/s1. The number of nitrogens with one attached hydrogen (secondary N) is 1. The molecule has 106 valence electrons. The van der Waals surface area contributed by atoms with Gasteiger partial charge < -0.3 is 5.32 Å². The third-order valence-corrected chi connectivity index (χ3v) is 3.53. The van der Waals surface area contributed by atoms with Crippen LogP contribution in [0.25, 0.3) is 0 Å². The van der Waals surface area contributed by atoms with E-state index in [0.29, 0.717) is 0 Å². The first kappa shape index (κ1) is 14.7. The van der Waals surface area contributed by atoms with E-state index in [1.165, 1.54) is 18.1 Å². The van der Waals surface area contributed by atoms with Gasteiger partial charge in [0.1, 0.15) is 5.82 Å². The Morgan fingerprint density at radius 2 is 1.80 bits per heavy atom. The van der Waals surface area contributed by atoms with Gasteiger partial charge >= 0.3 is 0 Å². The molecule has 0 aromatic heterocycles. The van der Waals surface area contributed by atoms with E-state index >= 15 is 0 Å². The molecule has 0 aliphatic carbocycles. The van der Waals surface area contributed by atoms with E-state index < -0.39 is 0 Å². The topological polar surface area (TPSA) is 12.0 Å². The summed E-state index contributed by atoms with van der Waals surface area (Å²) < 4.78 is 13.1. The van der Waals surface area contributed by atoms with Gasteiger partial charge in [-0.15, -0.1) is 0 Å². The van der Waals surface area contributed by atoms with Gasteiger partial charge in [0.2, 0.25) is 0 Å². The predicted octanol–water partition coefficient (Wildman–Crippen LogP) is 4.50. The van der Waals surface area contributed by atoms with Crippen molar-refractivity contribution in [3.05, 3.63) is 71.5 Å². The Morgan fingerprint density at radius 3 is 2.55 bits per heavy atom. The highest BCUT2D eigenvalue weighted by molar-refractivity contribution is 5.19. The molecule has 1 nitrogen and oxygen atoms in total. The van der Waals surface area contributed by atoms with E-state index in [4.69, 9.17) is 0 Å². The van der Waals surface area contributed by atoms with Crippen molar-refractivity contribution in [1.29, 1.82) is 0 Å². The minimum absolute atomic E-state index is 0.166. The molecule has 0 saturated carbocycles. The summed E-state index contributed by atoms with van der Waals surface area (Å²) in [7, 11) is 0. The second-order valence-electron chi connectivity index (χ2n) is 5.17. The molecule has 2 rings (SSSR count). The second kappa shape index (κ2) is 7.81. The molecule has 20 heavy (non-hydrogen) atoms. The fourth-order valence-corrected chi connectivity index (χ4v) is 2.31. The van der Waals surface area contributed by atoms with Gasteiger partial charge in [-0.3, -0.25) is 0 Å². The Hall–Kier alpha value is -1.67. The van der Waals surface area contributed by atoms with Crippen molar-refractivity contribution in [2.24, 2.45) is 0 Å². The molecule has 0 saturated heterocycles. The molecular weight excluding hydrogens is 249 g/mol. The summed E-state index contributed by atoms with van der Waals surface area (Å²) in [4.78, 5) is 0. The zero-order valence-electron chi connectivity index (χ0n) is 12.0. The van der Waals surface area contributed by atoms with Crippen molar-refractivity contribution in [1.82, 2.24) is 5.32 Å². The third kappa shape index (κ3) is 4.78. The number of halogens is 1. The van der Waals surface area contributed by atoms with Gasteiger partial charge in [-0.25, -0.2) is 4.39 Å². The van der Waals surface area contributed by atoms with Gasteiger partial charge in [0.15, 0.2) is 0 Å². The van der Waals surface area contributed by atoms with Gasteiger partial charge in [-0.05, 0) is 56.0 Å². The fourth-order valence-electron chi connectivity index (χ4n) is 2.31. The van der Waals surface area contributed by atoms with Crippen LogP contribution in [-0.2, 0) is 6.42 Å². The highest BCUT2D eigenvalue weighted by atomic mass is 19.1. The molecule has 0 spiro atoms. The molecule has 0 aliphatic rings. The van der Waals surface area contributed by atoms with Crippen LogP contribution >= 0.6 is 0 Å². The molecule has 0 fully saturated rings. The summed E-state index contributed by atoms with van der Waals surface area (Å²) in [6.07, 6.45) is 3.43. The highest BCUT2D eigenvalue weighted by Crippen LogP contribution is 2.13. The van der Waals surface area contributed by atoms with Gasteiger partial charge in [0, 0.05) is 6.04 Å². The van der Waals surface area contributed by atoms with E-state index in [2.05, 4.69) is 36.5 Å². The molecule has 2 heteroatoms. The number of benzene rings is 2. The van der Waals surface area contributed by atoms with Crippen LogP contribution in [0.4, 0.5) is 4.39 Å². The average Bonchev–Trinajstić information content (AvgIpc) is 2.48. The van der Waals surface area contributed by atoms with Crippen LogP contribution in [-0.4, -0.2) is 6.54 Å². The smallest absolute Gasteiger partial charge is 0.123 e. The fraction of sp³-hybridized carbons (Fsp3) is 0.333. The largest absolute Gasteiger partial charge is 0.310 e. The zero-order valence-corrected chi connectivity index (χ0v) is 12.0. The molecule has 0 aliphatic heterocycles. The minimum Gasteiger partial charge on any atom is -0.310 e. The van der Waals surface area contributed by atoms with Crippen LogP contribution in [0.1, 0.15) is 36.9 Å². The number of aryl methyl sites for hydroxylation is 1. The summed E-state index contributed by atoms with van der Waals surface area (Å²) >= 11 is 0. The maximum atomic E-state index is 13.1. The van der Waals surface area contributed by atoms with Crippen molar-refractivity contribution in [3.63, 3.8) is 0 Å². The molecule has 0 radical (unpaired) electrons. The molecular formula is C18H22FN.